The van der Waals surface area contributed by atoms with E-state index in [9.17, 15) is 14.4 Å². The van der Waals surface area contributed by atoms with E-state index in [-0.39, 0.29) is 30.3 Å². The van der Waals surface area contributed by atoms with Gasteiger partial charge in [0.25, 0.3) is 0 Å². The summed E-state index contributed by atoms with van der Waals surface area (Å²) in [6, 6.07) is 4.18. The van der Waals surface area contributed by atoms with E-state index in [1.54, 1.807) is 16.2 Å². The van der Waals surface area contributed by atoms with Gasteiger partial charge in [-0.05, 0) is 37.1 Å². The number of hydrogen-bond acceptors (Lipinski definition) is 4. The maximum Gasteiger partial charge on any atom is 0.246 e. The summed E-state index contributed by atoms with van der Waals surface area (Å²) in [6.45, 7) is 1.75. The molecule has 160 valence electrons. The maximum absolute atomic E-state index is 13.6. The average molecular weight is 420 g/mol. The van der Waals surface area contributed by atoms with Crippen LogP contribution in [0.4, 0.5) is 0 Å². The van der Waals surface area contributed by atoms with Crippen molar-refractivity contribution < 1.29 is 14.4 Å². The Hall–Kier alpha value is -1.89. The molecule has 0 bridgehead atoms. The highest BCUT2D eigenvalue weighted by molar-refractivity contribution is 7.09. The molecule has 29 heavy (non-hydrogen) atoms. The number of amides is 3. The second-order valence-corrected chi connectivity index (χ2v) is 9.40. The summed E-state index contributed by atoms with van der Waals surface area (Å²) in [7, 11) is 0. The Labute approximate surface area is 177 Å². The molecule has 0 saturated heterocycles. The molecule has 7 heteroatoms. The number of hydrogen-bond donors (Lipinski definition) is 2. The Bertz CT molecular complexity index is 692. The number of nitrogens with one attached hydrogen (secondary N) is 2. The van der Waals surface area contributed by atoms with E-state index in [0.29, 0.717) is 19.4 Å². The third-order valence-electron chi connectivity index (χ3n) is 6.24. The van der Waals surface area contributed by atoms with E-state index >= 15 is 0 Å². The van der Waals surface area contributed by atoms with Gasteiger partial charge in [-0.2, -0.15) is 0 Å². The molecular formula is C22H33N3O3S. The Morgan fingerprint density at radius 3 is 2.41 bits per heavy atom. The van der Waals surface area contributed by atoms with Crippen LogP contribution in [-0.4, -0.2) is 40.7 Å². The van der Waals surface area contributed by atoms with Crippen molar-refractivity contribution >= 4 is 29.1 Å². The van der Waals surface area contributed by atoms with E-state index in [2.05, 4.69) is 10.6 Å². The van der Waals surface area contributed by atoms with E-state index < -0.39 is 5.54 Å². The number of rotatable bonds is 7. The zero-order valence-corrected chi connectivity index (χ0v) is 18.2. The lowest BCUT2D eigenvalue weighted by Crippen LogP contribution is -2.63. The van der Waals surface area contributed by atoms with Crippen molar-refractivity contribution in [3.05, 3.63) is 22.4 Å². The van der Waals surface area contributed by atoms with Gasteiger partial charge < -0.3 is 15.5 Å². The molecular weight excluding hydrogens is 386 g/mol. The fourth-order valence-electron chi connectivity index (χ4n) is 4.65. The first-order valence-corrected chi connectivity index (χ1v) is 11.8. The topological polar surface area (TPSA) is 78.5 Å². The summed E-state index contributed by atoms with van der Waals surface area (Å²) < 4.78 is 0. The molecule has 0 unspecified atom stereocenters. The van der Waals surface area contributed by atoms with Gasteiger partial charge in [-0.3, -0.25) is 14.4 Å². The van der Waals surface area contributed by atoms with Gasteiger partial charge >= 0.3 is 0 Å². The molecule has 6 nitrogen and oxygen atoms in total. The van der Waals surface area contributed by atoms with E-state index in [1.165, 1.54) is 13.3 Å². The fourth-order valence-corrected chi connectivity index (χ4v) is 5.35. The van der Waals surface area contributed by atoms with Gasteiger partial charge in [0.1, 0.15) is 5.54 Å². The molecule has 3 rings (SSSR count). The number of carbonyl (C=O) groups is 3. The van der Waals surface area contributed by atoms with Crippen LogP contribution in [0.1, 0.15) is 76.0 Å². The smallest absolute Gasteiger partial charge is 0.246 e. The second kappa shape index (κ2) is 10.2. The number of thiophene rings is 1. The molecule has 0 atom stereocenters. The van der Waals surface area contributed by atoms with Crippen molar-refractivity contribution in [3.8, 4) is 0 Å². The van der Waals surface area contributed by atoms with Crippen molar-refractivity contribution in [2.75, 3.05) is 6.54 Å². The highest BCUT2D eigenvalue weighted by atomic mass is 32.1. The van der Waals surface area contributed by atoms with Crippen molar-refractivity contribution in [3.63, 3.8) is 0 Å². The van der Waals surface area contributed by atoms with E-state index in [1.807, 2.05) is 17.5 Å². The molecule has 0 radical (unpaired) electrons. The Kier molecular flexibility index (Phi) is 7.70. The third-order valence-corrected chi connectivity index (χ3v) is 7.11. The standard InChI is InChI=1S/C22H33N3O3S/c1-17(26)23-15-20(27)25(16-19-11-8-14-29-19)22(12-6-3-7-13-22)21(28)24-18-9-4-2-5-10-18/h8,11,14,18H,2-7,9-10,12-13,15-16H2,1H3,(H,23,26)(H,24,28). The molecule has 2 aliphatic carbocycles. The first kappa shape index (κ1) is 21.8. The van der Waals surface area contributed by atoms with Crippen LogP contribution in [0.15, 0.2) is 17.5 Å². The summed E-state index contributed by atoms with van der Waals surface area (Å²) >= 11 is 1.59. The van der Waals surface area contributed by atoms with Crippen LogP contribution in [0.25, 0.3) is 0 Å². The van der Waals surface area contributed by atoms with Crippen molar-refractivity contribution in [1.29, 1.82) is 0 Å². The Morgan fingerprint density at radius 1 is 1.10 bits per heavy atom. The number of nitrogens with zero attached hydrogens (tertiary/aromatic N) is 1. The number of carbonyl (C=O) groups excluding carboxylic acids is 3. The molecule has 0 aliphatic heterocycles. The van der Waals surface area contributed by atoms with Gasteiger partial charge in [0.15, 0.2) is 0 Å². The zero-order chi connectivity index (χ0) is 20.7. The summed E-state index contributed by atoms with van der Waals surface area (Å²) in [5.74, 6) is -0.426. The van der Waals surface area contributed by atoms with E-state index in [4.69, 9.17) is 0 Å². The lowest BCUT2D eigenvalue weighted by Gasteiger charge is -2.46. The first-order valence-electron chi connectivity index (χ1n) is 10.9. The Balaban J connectivity index is 1.85. The molecule has 0 spiro atoms. The van der Waals surface area contributed by atoms with Gasteiger partial charge in [-0.15, -0.1) is 11.3 Å². The van der Waals surface area contributed by atoms with Crippen LogP contribution in [-0.2, 0) is 20.9 Å². The summed E-state index contributed by atoms with van der Waals surface area (Å²) in [4.78, 5) is 41.0. The zero-order valence-electron chi connectivity index (χ0n) is 17.4. The van der Waals surface area contributed by atoms with Crippen molar-refractivity contribution in [2.45, 2.75) is 89.3 Å². The molecule has 1 aromatic heterocycles. The van der Waals surface area contributed by atoms with Crippen LogP contribution >= 0.6 is 11.3 Å². The Morgan fingerprint density at radius 2 is 1.79 bits per heavy atom. The third kappa shape index (κ3) is 5.59. The quantitative estimate of drug-likeness (QED) is 0.711. The summed E-state index contributed by atoms with van der Waals surface area (Å²) in [5, 5.41) is 7.90. The lowest BCUT2D eigenvalue weighted by atomic mass is 9.78. The fraction of sp³-hybridized carbons (Fsp3) is 0.682. The summed E-state index contributed by atoms with van der Waals surface area (Å²) in [5.41, 5.74) is -0.824. The molecule has 2 aliphatic rings. The lowest BCUT2D eigenvalue weighted by molar-refractivity contribution is -0.151. The normalized spacial score (nSPS) is 19.3. The van der Waals surface area contributed by atoms with Gasteiger partial charge in [0.05, 0.1) is 13.1 Å². The predicted molar refractivity (Wildman–Crippen MR) is 114 cm³/mol. The summed E-state index contributed by atoms with van der Waals surface area (Å²) in [6.07, 6.45) is 9.91. The minimum Gasteiger partial charge on any atom is -0.351 e. The highest BCUT2D eigenvalue weighted by Crippen LogP contribution is 2.36. The van der Waals surface area contributed by atoms with Gasteiger partial charge in [0, 0.05) is 17.8 Å². The van der Waals surface area contributed by atoms with Gasteiger partial charge in [-0.1, -0.05) is 44.6 Å². The monoisotopic (exact) mass is 419 g/mol. The van der Waals surface area contributed by atoms with E-state index in [0.717, 1.165) is 49.8 Å². The molecule has 3 amide bonds. The molecule has 2 saturated carbocycles. The predicted octanol–water partition coefficient (Wildman–Crippen LogP) is 3.36. The minimum absolute atomic E-state index is 0.00293. The SMILES string of the molecule is CC(=O)NCC(=O)N(Cc1cccs1)C1(C(=O)NC2CCCCC2)CCCCC1. The van der Waals surface area contributed by atoms with Crippen LogP contribution in [0.5, 0.6) is 0 Å². The average Bonchev–Trinajstić information content (AvgIpc) is 3.25. The van der Waals surface area contributed by atoms with Gasteiger partial charge in [0.2, 0.25) is 17.7 Å². The second-order valence-electron chi connectivity index (χ2n) is 8.37. The molecule has 0 aromatic carbocycles. The van der Waals surface area contributed by atoms with Crippen molar-refractivity contribution in [1.82, 2.24) is 15.5 Å². The minimum atomic E-state index is -0.824. The molecule has 1 aromatic rings. The van der Waals surface area contributed by atoms with Crippen LogP contribution < -0.4 is 10.6 Å². The molecule has 1 heterocycles. The van der Waals surface area contributed by atoms with Crippen LogP contribution in [0, 0.1) is 0 Å². The molecule has 2 N–H and O–H groups in total. The van der Waals surface area contributed by atoms with Crippen LogP contribution in [0.2, 0.25) is 0 Å². The van der Waals surface area contributed by atoms with Crippen molar-refractivity contribution in [2.24, 2.45) is 0 Å². The maximum atomic E-state index is 13.6. The first-order chi connectivity index (χ1) is 14.0. The van der Waals surface area contributed by atoms with Gasteiger partial charge in [-0.25, -0.2) is 0 Å². The molecule has 2 fully saturated rings. The van der Waals surface area contributed by atoms with Crippen LogP contribution in [0.3, 0.4) is 0 Å². The largest absolute Gasteiger partial charge is 0.351 e. The highest BCUT2D eigenvalue weighted by Gasteiger charge is 2.47.